The number of hydrogen-bond donors (Lipinski definition) is 3. The molecular formula is C22H30N4O4. The molecule has 1 aromatic heterocycles. The Balaban J connectivity index is 1.83. The van der Waals surface area contributed by atoms with E-state index in [1.165, 1.54) is 19.3 Å². The van der Waals surface area contributed by atoms with Gasteiger partial charge in [-0.15, -0.1) is 0 Å². The largest absolute Gasteiger partial charge is 0.493 e. The number of aryl methyl sites for hydroxylation is 1. The molecule has 30 heavy (non-hydrogen) atoms. The number of hydrogen-bond acceptors (Lipinski definition) is 5. The van der Waals surface area contributed by atoms with Crippen molar-refractivity contribution < 1.29 is 9.53 Å². The van der Waals surface area contributed by atoms with Gasteiger partial charge < -0.3 is 9.72 Å². The Hall–Kier alpha value is -3.16. The molecule has 1 amide bonds. The molecule has 0 bridgehead atoms. The van der Waals surface area contributed by atoms with Crippen molar-refractivity contribution in [3.63, 3.8) is 0 Å². The van der Waals surface area contributed by atoms with Gasteiger partial charge in [-0.25, -0.2) is 10.2 Å². The number of carbonyl (C=O) groups excluding carboxylic acids is 1. The number of amides is 1. The van der Waals surface area contributed by atoms with E-state index < -0.39 is 11.2 Å². The molecular weight excluding hydrogens is 384 g/mol. The minimum Gasteiger partial charge on any atom is -0.493 e. The number of rotatable bonds is 12. The quantitative estimate of drug-likeness (QED) is 0.281. The molecule has 0 saturated carbocycles. The van der Waals surface area contributed by atoms with Gasteiger partial charge in [0.1, 0.15) is 5.75 Å². The van der Waals surface area contributed by atoms with Crippen LogP contribution in [0.4, 0.5) is 0 Å². The van der Waals surface area contributed by atoms with Gasteiger partial charge in [-0.2, -0.15) is 5.10 Å². The molecule has 162 valence electrons. The van der Waals surface area contributed by atoms with Gasteiger partial charge in [-0.1, -0.05) is 44.7 Å². The minimum absolute atomic E-state index is 0.0726. The Labute approximate surface area is 175 Å². The topological polar surface area (TPSA) is 116 Å². The number of hydrazone groups is 1. The summed E-state index contributed by atoms with van der Waals surface area (Å²) in [5, 5.41) is 3.99. The maximum absolute atomic E-state index is 12.0. The molecule has 8 heteroatoms. The second kappa shape index (κ2) is 12.4. The van der Waals surface area contributed by atoms with Gasteiger partial charge in [0.15, 0.2) is 0 Å². The minimum atomic E-state index is -0.558. The molecule has 0 aliphatic rings. The highest BCUT2D eigenvalue weighted by Crippen LogP contribution is 2.16. The zero-order valence-electron chi connectivity index (χ0n) is 17.6. The van der Waals surface area contributed by atoms with E-state index >= 15 is 0 Å². The van der Waals surface area contributed by atoms with Crippen LogP contribution in [0.25, 0.3) is 0 Å². The second-order valence-electron chi connectivity index (χ2n) is 7.11. The maximum atomic E-state index is 12.0. The number of benzene rings is 1. The van der Waals surface area contributed by atoms with Crippen molar-refractivity contribution in [2.24, 2.45) is 5.10 Å². The second-order valence-corrected chi connectivity index (χ2v) is 7.11. The Kier molecular flexibility index (Phi) is 9.57. The highest BCUT2D eigenvalue weighted by atomic mass is 16.5. The third-order valence-corrected chi connectivity index (χ3v) is 4.67. The van der Waals surface area contributed by atoms with Crippen molar-refractivity contribution in [2.75, 3.05) is 6.61 Å². The van der Waals surface area contributed by atoms with Crippen LogP contribution in [0.2, 0.25) is 0 Å². The van der Waals surface area contributed by atoms with Crippen LogP contribution in [0.3, 0.4) is 0 Å². The normalized spacial score (nSPS) is 11.0. The predicted molar refractivity (Wildman–Crippen MR) is 117 cm³/mol. The Morgan fingerprint density at radius 1 is 1.13 bits per heavy atom. The number of ether oxygens (including phenoxy) is 1. The van der Waals surface area contributed by atoms with Gasteiger partial charge in [0.2, 0.25) is 5.91 Å². The summed E-state index contributed by atoms with van der Waals surface area (Å²) >= 11 is 0. The van der Waals surface area contributed by atoms with Crippen molar-refractivity contribution in [3.8, 4) is 5.75 Å². The SMILES string of the molecule is CCCCCCCOc1ccccc1/C=N/NC(=O)CCc1c(C)[nH]c(=O)[nH]c1=O. The van der Waals surface area contributed by atoms with Crippen LogP contribution in [0.15, 0.2) is 39.0 Å². The zero-order chi connectivity index (χ0) is 21.8. The van der Waals surface area contributed by atoms with E-state index in [1.54, 1.807) is 13.1 Å². The molecule has 0 unspecified atom stereocenters. The van der Waals surface area contributed by atoms with Crippen LogP contribution in [0, 0.1) is 6.92 Å². The monoisotopic (exact) mass is 414 g/mol. The van der Waals surface area contributed by atoms with Crippen molar-refractivity contribution in [1.82, 2.24) is 15.4 Å². The summed E-state index contributed by atoms with van der Waals surface area (Å²) in [5.41, 5.74) is 3.04. The lowest BCUT2D eigenvalue weighted by molar-refractivity contribution is -0.121. The highest BCUT2D eigenvalue weighted by Gasteiger charge is 2.09. The van der Waals surface area contributed by atoms with Gasteiger partial charge in [-0.3, -0.25) is 14.6 Å². The van der Waals surface area contributed by atoms with E-state index in [9.17, 15) is 14.4 Å². The number of para-hydroxylation sites is 1. The molecule has 8 nitrogen and oxygen atoms in total. The Morgan fingerprint density at radius 3 is 2.67 bits per heavy atom. The summed E-state index contributed by atoms with van der Waals surface area (Å²) in [4.78, 5) is 39.7. The number of H-pyrrole nitrogens is 2. The van der Waals surface area contributed by atoms with Crippen molar-refractivity contribution in [2.45, 2.75) is 58.8 Å². The lowest BCUT2D eigenvalue weighted by Gasteiger charge is -2.08. The fraction of sp³-hybridized carbons (Fsp3) is 0.455. The van der Waals surface area contributed by atoms with Crippen molar-refractivity contribution >= 4 is 12.1 Å². The number of aromatic amines is 2. The Bertz CT molecular complexity index is 962. The lowest BCUT2D eigenvalue weighted by atomic mass is 10.1. The first kappa shape index (κ1) is 23.1. The standard InChI is InChI=1S/C22H30N4O4/c1-3-4-5-6-9-14-30-19-11-8-7-10-17(19)15-23-26-20(27)13-12-18-16(2)24-22(29)25-21(18)28/h7-8,10-11,15H,3-6,9,12-14H2,1-2H3,(H,26,27)(H2,24,25,28,29)/b23-15+. The fourth-order valence-electron chi connectivity index (χ4n) is 3.00. The third kappa shape index (κ3) is 7.69. The van der Waals surface area contributed by atoms with E-state index in [2.05, 4.69) is 27.4 Å². The number of nitrogens with one attached hydrogen (secondary N) is 3. The molecule has 0 fully saturated rings. The van der Waals surface area contributed by atoms with E-state index in [0.29, 0.717) is 17.9 Å². The summed E-state index contributed by atoms with van der Waals surface area (Å²) in [7, 11) is 0. The van der Waals surface area contributed by atoms with Crippen LogP contribution in [0.1, 0.15) is 62.3 Å². The van der Waals surface area contributed by atoms with E-state index in [-0.39, 0.29) is 18.7 Å². The summed E-state index contributed by atoms with van der Waals surface area (Å²) in [6.07, 6.45) is 7.66. The predicted octanol–water partition coefficient (Wildman–Crippen LogP) is 2.80. The summed E-state index contributed by atoms with van der Waals surface area (Å²) in [6.45, 7) is 4.46. The van der Waals surface area contributed by atoms with Gasteiger partial charge in [0.05, 0.1) is 12.8 Å². The molecule has 0 aliphatic carbocycles. The van der Waals surface area contributed by atoms with Crippen LogP contribution < -0.4 is 21.4 Å². The molecule has 3 N–H and O–H groups in total. The first-order valence-electron chi connectivity index (χ1n) is 10.4. The molecule has 0 saturated heterocycles. The molecule has 0 aliphatic heterocycles. The third-order valence-electron chi connectivity index (χ3n) is 4.67. The van der Waals surface area contributed by atoms with Gasteiger partial charge >= 0.3 is 5.69 Å². The molecule has 2 rings (SSSR count). The van der Waals surface area contributed by atoms with E-state index in [1.807, 2.05) is 24.3 Å². The van der Waals surface area contributed by atoms with Crippen LogP contribution >= 0.6 is 0 Å². The first-order chi connectivity index (χ1) is 14.5. The number of carbonyl (C=O) groups is 1. The van der Waals surface area contributed by atoms with Gasteiger partial charge in [0, 0.05) is 23.2 Å². The van der Waals surface area contributed by atoms with E-state index in [0.717, 1.165) is 24.2 Å². The van der Waals surface area contributed by atoms with Crippen LogP contribution in [-0.2, 0) is 11.2 Å². The highest BCUT2D eigenvalue weighted by molar-refractivity contribution is 5.85. The number of aromatic nitrogens is 2. The molecule has 0 radical (unpaired) electrons. The first-order valence-corrected chi connectivity index (χ1v) is 10.4. The lowest BCUT2D eigenvalue weighted by Crippen LogP contribution is -2.28. The van der Waals surface area contributed by atoms with Gasteiger partial charge in [0.25, 0.3) is 5.56 Å². The smallest absolute Gasteiger partial charge is 0.325 e. The molecule has 1 aromatic carbocycles. The van der Waals surface area contributed by atoms with Crippen molar-refractivity contribution in [3.05, 3.63) is 61.9 Å². The van der Waals surface area contributed by atoms with E-state index in [4.69, 9.17) is 4.74 Å². The zero-order valence-corrected chi connectivity index (χ0v) is 17.6. The average Bonchev–Trinajstić information content (AvgIpc) is 2.71. The maximum Gasteiger partial charge on any atom is 0.325 e. The van der Waals surface area contributed by atoms with Crippen molar-refractivity contribution in [1.29, 1.82) is 0 Å². The molecule has 1 heterocycles. The molecule has 0 spiro atoms. The molecule has 2 aromatic rings. The number of unbranched alkanes of at least 4 members (excludes halogenated alkanes) is 4. The summed E-state index contributed by atoms with van der Waals surface area (Å²) in [6, 6.07) is 7.51. The van der Waals surface area contributed by atoms with Gasteiger partial charge in [-0.05, 0) is 31.9 Å². The molecule has 0 atom stereocenters. The average molecular weight is 415 g/mol. The van der Waals surface area contributed by atoms with Crippen LogP contribution in [-0.4, -0.2) is 28.7 Å². The summed E-state index contributed by atoms with van der Waals surface area (Å²) in [5.74, 6) is 0.395. The fourth-order valence-corrected chi connectivity index (χ4v) is 3.00. The van der Waals surface area contributed by atoms with Crippen LogP contribution in [0.5, 0.6) is 5.75 Å². The number of nitrogens with zero attached hydrogens (tertiary/aromatic N) is 1. The summed E-state index contributed by atoms with van der Waals surface area (Å²) < 4.78 is 5.85. The Morgan fingerprint density at radius 2 is 1.90 bits per heavy atom.